The predicted octanol–water partition coefficient (Wildman–Crippen LogP) is 4.79. The molecule has 0 saturated heterocycles. The van der Waals surface area contributed by atoms with E-state index in [1.807, 2.05) is 30.3 Å². The molecule has 0 fully saturated rings. The lowest BCUT2D eigenvalue weighted by molar-refractivity contribution is -0.137. The van der Waals surface area contributed by atoms with E-state index in [-0.39, 0.29) is 18.7 Å². The molecule has 2 amide bonds. The summed E-state index contributed by atoms with van der Waals surface area (Å²) in [5.41, 5.74) is 7.07. The third-order valence-corrected chi connectivity index (χ3v) is 6.88. The Hall–Kier alpha value is -4.51. The SMILES string of the molecule is CCN1C(=O)C(NC(=O)c2cccc(C(F)(F)F)c2)C(c2ccc(F)cc2)c2c(CN)nn(-c3ccccc3)c21. The molecular weight excluding hydrogens is 526 g/mol. The van der Waals surface area contributed by atoms with E-state index in [4.69, 9.17) is 10.8 Å². The quantitative estimate of drug-likeness (QED) is 0.337. The van der Waals surface area contributed by atoms with Crippen LogP contribution < -0.4 is 16.0 Å². The van der Waals surface area contributed by atoms with Crippen LogP contribution in [0.4, 0.5) is 23.4 Å². The molecule has 3 aromatic carbocycles. The van der Waals surface area contributed by atoms with Crippen LogP contribution in [0.1, 0.15) is 45.6 Å². The topological polar surface area (TPSA) is 93.2 Å². The van der Waals surface area contributed by atoms with Crippen molar-refractivity contribution in [1.29, 1.82) is 0 Å². The second-order valence-corrected chi connectivity index (χ2v) is 9.28. The average molecular weight is 552 g/mol. The Morgan fingerprint density at radius 2 is 1.73 bits per heavy atom. The average Bonchev–Trinajstić information content (AvgIpc) is 3.33. The molecular formula is C29H25F4N5O2. The van der Waals surface area contributed by atoms with Gasteiger partial charge in [0.05, 0.1) is 16.9 Å². The zero-order valence-electron chi connectivity index (χ0n) is 21.3. The molecule has 11 heteroatoms. The summed E-state index contributed by atoms with van der Waals surface area (Å²) in [6.45, 7) is 1.97. The number of carbonyl (C=O) groups is 2. The first-order valence-corrected chi connectivity index (χ1v) is 12.6. The van der Waals surface area contributed by atoms with Crippen LogP contribution in [0.3, 0.4) is 0 Å². The molecule has 0 saturated carbocycles. The van der Waals surface area contributed by atoms with Gasteiger partial charge >= 0.3 is 6.18 Å². The van der Waals surface area contributed by atoms with Crippen molar-refractivity contribution in [3.63, 3.8) is 0 Å². The second kappa shape index (κ2) is 10.6. The van der Waals surface area contributed by atoms with Crippen LogP contribution >= 0.6 is 0 Å². The van der Waals surface area contributed by atoms with Crippen LogP contribution in [0.15, 0.2) is 78.9 Å². The van der Waals surface area contributed by atoms with Gasteiger partial charge in [-0.2, -0.15) is 18.3 Å². The zero-order chi connectivity index (χ0) is 28.6. The molecule has 7 nitrogen and oxygen atoms in total. The summed E-state index contributed by atoms with van der Waals surface area (Å²) in [6.07, 6.45) is -4.65. The number of benzene rings is 3. The highest BCUT2D eigenvalue weighted by Gasteiger charge is 2.46. The fourth-order valence-corrected chi connectivity index (χ4v) is 5.07. The number of halogens is 4. The highest BCUT2D eigenvalue weighted by Crippen LogP contribution is 2.43. The Morgan fingerprint density at radius 1 is 1.02 bits per heavy atom. The van der Waals surface area contributed by atoms with E-state index in [0.29, 0.717) is 28.3 Å². The number of nitrogens with two attached hydrogens (primary N) is 1. The van der Waals surface area contributed by atoms with Gasteiger partial charge < -0.3 is 11.1 Å². The van der Waals surface area contributed by atoms with Crippen molar-refractivity contribution >= 4 is 17.6 Å². The summed E-state index contributed by atoms with van der Waals surface area (Å²) in [5, 5.41) is 7.37. The zero-order valence-corrected chi connectivity index (χ0v) is 21.3. The van der Waals surface area contributed by atoms with Crippen molar-refractivity contribution in [2.75, 3.05) is 11.4 Å². The third kappa shape index (κ3) is 4.84. The summed E-state index contributed by atoms with van der Waals surface area (Å²) in [7, 11) is 0. The number of hydrogen-bond donors (Lipinski definition) is 2. The number of aromatic nitrogens is 2. The van der Waals surface area contributed by atoms with Crippen molar-refractivity contribution in [2.45, 2.75) is 31.6 Å². The van der Waals surface area contributed by atoms with Gasteiger partial charge in [-0.25, -0.2) is 9.07 Å². The lowest BCUT2D eigenvalue weighted by atomic mass is 9.80. The van der Waals surface area contributed by atoms with Gasteiger partial charge in [0.1, 0.15) is 17.7 Å². The van der Waals surface area contributed by atoms with Crippen LogP contribution in [0, 0.1) is 5.82 Å². The molecule has 40 heavy (non-hydrogen) atoms. The monoisotopic (exact) mass is 551 g/mol. The van der Waals surface area contributed by atoms with E-state index < -0.39 is 41.3 Å². The van der Waals surface area contributed by atoms with Gasteiger partial charge in [-0.3, -0.25) is 14.5 Å². The van der Waals surface area contributed by atoms with Crippen molar-refractivity contribution in [2.24, 2.45) is 5.73 Å². The molecule has 0 aliphatic carbocycles. The molecule has 3 N–H and O–H groups in total. The fraction of sp³-hybridized carbons (Fsp3) is 0.207. The number of anilines is 1. The van der Waals surface area contributed by atoms with Crippen molar-refractivity contribution in [3.05, 3.63) is 113 Å². The van der Waals surface area contributed by atoms with Crippen LogP contribution in [-0.2, 0) is 17.5 Å². The number of alkyl halides is 3. The molecule has 5 rings (SSSR count). The van der Waals surface area contributed by atoms with Crippen molar-refractivity contribution < 1.29 is 27.2 Å². The van der Waals surface area contributed by atoms with E-state index in [0.717, 1.165) is 18.2 Å². The molecule has 2 atom stereocenters. The van der Waals surface area contributed by atoms with Gasteiger partial charge in [0, 0.05) is 30.1 Å². The predicted molar refractivity (Wildman–Crippen MR) is 140 cm³/mol. The van der Waals surface area contributed by atoms with Gasteiger partial charge in [-0.1, -0.05) is 36.4 Å². The number of para-hydroxylation sites is 1. The minimum Gasteiger partial charge on any atom is -0.339 e. The molecule has 0 spiro atoms. The molecule has 0 bridgehead atoms. The first kappa shape index (κ1) is 27.1. The molecule has 2 unspecified atom stereocenters. The lowest BCUT2D eigenvalue weighted by Crippen LogP contribution is -2.55. The molecule has 206 valence electrons. The van der Waals surface area contributed by atoms with E-state index in [1.54, 1.807) is 11.6 Å². The van der Waals surface area contributed by atoms with Crippen molar-refractivity contribution in [3.8, 4) is 5.69 Å². The van der Waals surface area contributed by atoms with E-state index in [9.17, 15) is 27.2 Å². The van der Waals surface area contributed by atoms with Gasteiger partial charge in [-0.15, -0.1) is 0 Å². The Labute approximate surface area is 227 Å². The highest BCUT2D eigenvalue weighted by atomic mass is 19.4. The molecule has 0 radical (unpaired) electrons. The maximum absolute atomic E-state index is 14.0. The van der Waals surface area contributed by atoms with E-state index in [2.05, 4.69) is 5.32 Å². The van der Waals surface area contributed by atoms with Crippen LogP contribution in [0.2, 0.25) is 0 Å². The maximum atomic E-state index is 14.0. The summed E-state index contributed by atoms with van der Waals surface area (Å²) in [4.78, 5) is 28.8. The number of fused-ring (bicyclic) bond motifs is 1. The molecule has 4 aromatic rings. The van der Waals surface area contributed by atoms with Crippen LogP contribution in [0.25, 0.3) is 5.69 Å². The number of nitrogens with zero attached hydrogens (tertiary/aromatic N) is 3. The number of carbonyl (C=O) groups excluding carboxylic acids is 2. The fourth-order valence-electron chi connectivity index (χ4n) is 5.07. The van der Waals surface area contributed by atoms with Gasteiger partial charge in [0.2, 0.25) is 0 Å². The standard InChI is InChI=1S/C29H25F4N5O2/c1-2-37-27-24(22(16-34)36-38(27)21-9-4-3-5-10-21)23(17-11-13-20(30)14-12-17)25(28(37)40)35-26(39)18-7-6-8-19(15-18)29(31,32)33/h3-15,23,25H,2,16,34H2,1H3,(H,35,39). The summed E-state index contributed by atoms with van der Waals surface area (Å²) in [6, 6.07) is 17.3. The molecule has 1 aromatic heterocycles. The Balaban J connectivity index is 1.67. The van der Waals surface area contributed by atoms with Crippen LogP contribution in [-0.4, -0.2) is 34.2 Å². The van der Waals surface area contributed by atoms with Crippen molar-refractivity contribution in [1.82, 2.24) is 15.1 Å². The summed E-state index contributed by atoms with van der Waals surface area (Å²) >= 11 is 0. The Morgan fingerprint density at radius 3 is 2.35 bits per heavy atom. The maximum Gasteiger partial charge on any atom is 0.416 e. The lowest BCUT2D eigenvalue weighted by Gasteiger charge is -2.38. The van der Waals surface area contributed by atoms with Gasteiger partial charge in [-0.05, 0) is 55.0 Å². The summed E-state index contributed by atoms with van der Waals surface area (Å²) < 4.78 is 55.5. The first-order chi connectivity index (χ1) is 19.1. The molecule has 2 heterocycles. The van der Waals surface area contributed by atoms with Gasteiger partial charge in [0.25, 0.3) is 11.8 Å². The first-order valence-electron chi connectivity index (χ1n) is 12.6. The Bertz CT molecular complexity index is 1550. The number of hydrogen-bond acceptors (Lipinski definition) is 4. The minimum atomic E-state index is -4.65. The number of nitrogens with one attached hydrogen (secondary N) is 1. The normalized spacial score (nSPS) is 17.1. The number of rotatable bonds is 6. The minimum absolute atomic E-state index is 0.0000985. The third-order valence-electron chi connectivity index (χ3n) is 6.88. The number of likely N-dealkylation sites (N-methyl/N-ethyl adjacent to an activating group) is 1. The highest BCUT2D eigenvalue weighted by molar-refractivity contribution is 6.05. The second-order valence-electron chi connectivity index (χ2n) is 9.28. The smallest absolute Gasteiger partial charge is 0.339 e. The van der Waals surface area contributed by atoms with Crippen LogP contribution in [0.5, 0.6) is 0 Å². The Kier molecular flexibility index (Phi) is 7.16. The molecule has 1 aliphatic heterocycles. The van der Waals surface area contributed by atoms with Gasteiger partial charge in [0.15, 0.2) is 0 Å². The molecule has 1 aliphatic rings. The summed E-state index contributed by atoms with van der Waals surface area (Å²) in [5.74, 6) is -2.24. The number of amides is 2. The largest absolute Gasteiger partial charge is 0.416 e. The van der Waals surface area contributed by atoms with E-state index >= 15 is 0 Å². The van der Waals surface area contributed by atoms with E-state index in [1.165, 1.54) is 35.2 Å².